The lowest BCUT2D eigenvalue weighted by molar-refractivity contribution is -0.147. The largest absolute Gasteiger partial charge is 0.481 e. The highest BCUT2D eigenvalue weighted by Crippen LogP contribution is 2.46. The zero-order valence-corrected chi connectivity index (χ0v) is 49.2. The summed E-state index contributed by atoms with van der Waals surface area (Å²) in [5.41, 5.74) is 17.6. The van der Waals surface area contributed by atoms with Crippen LogP contribution in [0.5, 0.6) is 0 Å². The Kier molecular flexibility index (Phi) is 16.8. The molecule has 8 atom stereocenters. The molecule has 31 heteroatoms. The number of esters is 1. The van der Waals surface area contributed by atoms with Crippen molar-refractivity contribution in [3.05, 3.63) is 119 Å². The number of carbonyl (C=O) groups excluding carboxylic acids is 1. The van der Waals surface area contributed by atoms with Crippen molar-refractivity contribution in [2.24, 2.45) is 0 Å². The molecular formula is C54H52Br2N16O11S2. The lowest BCUT2D eigenvalue weighted by atomic mass is 9.99. The third-order valence-electron chi connectivity index (χ3n) is 14.8. The van der Waals surface area contributed by atoms with Gasteiger partial charge in [-0.1, -0.05) is 84.2 Å². The Balaban J connectivity index is 0.000000139. The lowest BCUT2D eigenvalue weighted by Gasteiger charge is -2.16. The number of benzene rings is 4. The van der Waals surface area contributed by atoms with Crippen LogP contribution in [0, 0.1) is 0 Å². The molecule has 0 spiro atoms. The second-order valence-corrected chi connectivity index (χ2v) is 23.6. The van der Waals surface area contributed by atoms with Crippen LogP contribution in [0.25, 0.3) is 55.2 Å². The molecule has 2 unspecified atom stereocenters. The number of nitrogen functional groups attached to an aromatic ring is 2. The van der Waals surface area contributed by atoms with Crippen LogP contribution in [-0.4, -0.2) is 172 Å². The molecule has 4 fully saturated rings. The molecule has 0 radical (unpaired) electrons. The topological polar surface area (TPSA) is 384 Å². The number of carboxylic acids is 1. The predicted molar refractivity (Wildman–Crippen MR) is 316 cm³/mol. The number of fused-ring (bicyclic) bond motifs is 4. The van der Waals surface area contributed by atoms with Gasteiger partial charge in [0.2, 0.25) is 9.47 Å². The predicted octanol–water partition coefficient (Wildman–Crippen LogP) is 4.99. The second kappa shape index (κ2) is 24.6. The number of imidazole rings is 2. The lowest BCUT2D eigenvalue weighted by Crippen LogP contribution is -2.34. The molecule has 2 saturated heterocycles. The Morgan fingerprint density at radius 2 is 1.04 bits per heavy atom. The van der Waals surface area contributed by atoms with Crippen molar-refractivity contribution in [1.82, 2.24) is 68.6 Å². The SMILES string of the molecule is Nc1ncnc2c1ncn2[C@@H]1O[C@H](CO)[C@H](O)C1O.Nc1ncnc2c1ncn2[C@@H]1O[C@H](COC(=O)CSc2nnc(Br)n2-c2ccc(C3CC3)c3ccccc23)[C@H](O)C1O.O=C(O)CSc1nnc(Br)n1-c1ccc(C2CC2)c2ccccc12. The maximum absolute atomic E-state index is 12.7. The van der Waals surface area contributed by atoms with Gasteiger partial charge in [-0.25, -0.2) is 29.9 Å². The van der Waals surface area contributed by atoms with E-state index in [-0.39, 0.29) is 29.7 Å². The van der Waals surface area contributed by atoms with Crippen molar-refractivity contribution in [2.75, 3.05) is 36.2 Å². The molecular weight excluding hydrogens is 1270 g/mol. The van der Waals surface area contributed by atoms with Crippen molar-refractivity contribution < 1.29 is 54.4 Å². The van der Waals surface area contributed by atoms with E-state index in [0.29, 0.717) is 53.9 Å². The van der Waals surface area contributed by atoms with Crippen molar-refractivity contribution >= 4 is 123 Å². The maximum Gasteiger partial charge on any atom is 0.316 e. The van der Waals surface area contributed by atoms with E-state index in [2.05, 4.69) is 137 Å². The van der Waals surface area contributed by atoms with E-state index < -0.39 is 67.6 Å². The first-order valence-electron chi connectivity index (χ1n) is 26.6. The molecule has 2 aliphatic heterocycles. The highest BCUT2D eigenvalue weighted by atomic mass is 79.9. The van der Waals surface area contributed by atoms with Gasteiger partial charge in [0.15, 0.2) is 45.7 Å². The van der Waals surface area contributed by atoms with Crippen LogP contribution in [0.2, 0.25) is 0 Å². The highest BCUT2D eigenvalue weighted by molar-refractivity contribution is 9.10. The standard InChI is InChI=1S/C27H25BrN8O5S.C17H14BrN3O2S.C10H13N5O4/c28-26-33-34-27(36(26)17-8-7-14(13-5-6-13)15-3-1-2-4-16(15)17)42-10-19(37)40-9-18-21(38)22(39)25(41-18)35-12-32-20-23(29)30-11-31-24(20)35;18-16-19-20-17(24-9-15(22)23)21(16)14-8-7-11(10-5-6-10)12-3-1-2-4-13(12)14;11-8-5-9(13-2-12-8)15(3-14-5)10-7(18)6(17)4(1-16)19-10/h1-4,7-8,11-13,18,21-22,25,38-39H,5-6,9-10H2,(H2,29,30,31);1-4,7-8,10H,5-6,9H2,(H,22,23);2-4,6-7,10,16-18H,1H2,(H2,11,12,13)/t18-,21+,22?,25-;;4-,6+,7?,10-/m1.1/s1. The van der Waals surface area contributed by atoms with Crippen LogP contribution < -0.4 is 11.5 Å². The number of rotatable bonds is 15. The fraction of sp³-hybridized carbons (Fsp3) is 0.333. The number of carboxylic acid groups (broad SMARTS) is 1. The molecule has 4 aliphatic rings. The number of thioether (sulfide) groups is 2. The van der Waals surface area contributed by atoms with Gasteiger partial charge in [-0.2, -0.15) is 0 Å². The molecule has 2 aliphatic carbocycles. The fourth-order valence-corrected chi connectivity index (χ4v) is 12.9. The van der Waals surface area contributed by atoms with Crippen LogP contribution in [0.15, 0.2) is 118 Å². The first-order valence-corrected chi connectivity index (χ1v) is 30.1. The van der Waals surface area contributed by atoms with Crippen LogP contribution in [0.4, 0.5) is 11.6 Å². The summed E-state index contributed by atoms with van der Waals surface area (Å²) in [6, 6.07) is 25.0. The number of aliphatic carboxylic acids is 1. The Morgan fingerprint density at radius 1 is 0.588 bits per heavy atom. The van der Waals surface area contributed by atoms with E-state index in [0.717, 1.165) is 33.9 Å². The molecule has 10 aromatic rings. The zero-order valence-electron chi connectivity index (χ0n) is 44.4. The molecule has 10 N–H and O–H groups in total. The van der Waals surface area contributed by atoms with E-state index in [4.69, 9.17) is 35.9 Å². The number of ether oxygens (including phenoxy) is 3. The number of aliphatic hydroxyl groups is 5. The van der Waals surface area contributed by atoms with Crippen molar-refractivity contribution in [2.45, 2.75) is 96.9 Å². The van der Waals surface area contributed by atoms with Crippen molar-refractivity contribution in [3.63, 3.8) is 0 Å². The summed E-state index contributed by atoms with van der Waals surface area (Å²) in [5, 5.41) is 81.3. The Bertz CT molecular complexity index is 4130. The molecule has 27 nitrogen and oxygen atoms in total. The quantitative estimate of drug-likeness (QED) is 0.0495. The summed E-state index contributed by atoms with van der Waals surface area (Å²) in [4.78, 5) is 47.7. The number of hydrogen-bond acceptors (Lipinski definition) is 24. The first-order chi connectivity index (χ1) is 41.2. The molecule has 440 valence electrons. The minimum Gasteiger partial charge on any atom is -0.481 e. The Hall–Kier alpha value is -7.30. The molecule has 0 amide bonds. The van der Waals surface area contributed by atoms with E-state index in [1.165, 1.54) is 93.8 Å². The molecule has 8 heterocycles. The minimum atomic E-state index is -1.31. The third kappa shape index (κ3) is 11.6. The Morgan fingerprint density at radius 3 is 1.48 bits per heavy atom. The summed E-state index contributed by atoms with van der Waals surface area (Å²) < 4.78 is 24.4. The average molecular weight is 1330 g/mol. The molecule has 14 rings (SSSR count). The number of aromatic nitrogens is 14. The van der Waals surface area contributed by atoms with Gasteiger partial charge in [-0.3, -0.25) is 27.9 Å². The van der Waals surface area contributed by atoms with Crippen LogP contribution in [0.1, 0.15) is 61.1 Å². The monoisotopic (exact) mass is 1320 g/mol. The maximum atomic E-state index is 12.7. The number of carbonyl (C=O) groups is 2. The first kappa shape index (κ1) is 58.1. The minimum absolute atomic E-state index is 0.0524. The number of halogens is 2. The number of nitrogens with two attached hydrogens (primary N) is 2. The number of anilines is 2. The summed E-state index contributed by atoms with van der Waals surface area (Å²) in [6.07, 6.45) is 1.57. The van der Waals surface area contributed by atoms with Crippen LogP contribution >= 0.6 is 55.4 Å². The van der Waals surface area contributed by atoms with E-state index >= 15 is 0 Å². The zero-order chi connectivity index (χ0) is 59.2. The van der Waals surface area contributed by atoms with Crippen LogP contribution in [-0.2, 0) is 23.8 Å². The van der Waals surface area contributed by atoms with Gasteiger partial charge < -0.3 is 56.3 Å². The number of nitrogens with zero attached hydrogens (tertiary/aromatic N) is 14. The smallest absolute Gasteiger partial charge is 0.316 e. The van der Waals surface area contributed by atoms with E-state index in [1.54, 1.807) is 0 Å². The van der Waals surface area contributed by atoms with Gasteiger partial charge in [0.25, 0.3) is 0 Å². The van der Waals surface area contributed by atoms with Gasteiger partial charge in [0.05, 0.1) is 42.1 Å². The fourth-order valence-electron chi connectivity index (χ4n) is 10.4. The van der Waals surface area contributed by atoms with Gasteiger partial charge in [-0.05, 0) is 103 Å². The highest BCUT2D eigenvalue weighted by Gasteiger charge is 2.46. The molecule has 4 aromatic carbocycles. The third-order valence-corrected chi connectivity index (χ3v) is 17.6. The molecule has 0 bridgehead atoms. The van der Waals surface area contributed by atoms with Crippen LogP contribution in [0.3, 0.4) is 0 Å². The molecule has 2 saturated carbocycles. The van der Waals surface area contributed by atoms with Crippen molar-refractivity contribution in [3.8, 4) is 11.4 Å². The number of hydrogen-bond donors (Lipinski definition) is 8. The van der Waals surface area contributed by atoms with Gasteiger partial charge in [0, 0.05) is 10.8 Å². The molecule has 6 aromatic heterocycles. The van der Waals surface area contributed by atoms with E-state index in [9.17, 15) is 30.0 Å². The van der Waals surface area contributed by atoms with E-state index in [1.807, 2.05) is 27.3 Å². The molecule has 85 heavy (non-hydrogen) atoms. The number of aliphatic hydroxyl groups excluding tert-OH is 5. The summed E-state index contributed by atoms with van der Waals surface area (Å²) in [5.74, 6) is 0.138. The average Bonchev–Trinajstić information content (AvgIpc) is 3.15. The summed E-state index contributed by atoms with van der Waals surface area (Å²) >= 11 is 9.28. The van der Waals surface area contributed by atoms with Crippen molar-refractivity contribution in [1.29, 1.82) is 0 Å². The second-order valence-electron chi connectivity index (χ2n) is 20.3. The normalized spacial score (nSPS) is 22.0. The Labute approximate surface area is 506 Å². The van der Waals surface area contributed by atoms with Gasteiger partial charge in [0.1, 0.15) is 66.9 Å². The van der Waals surface area contributed by atoms with Gasteiger partial charge in [-0.15, -0.1) is 20.4 Å². The summed E-state index contributed by atoms with van der Waals surface area (Å²) in [6.45, 7) is -0.653. The summed E-state index contributed by atoms with van der Waals surface area (Å²) in [7, 11) is 0. The van der Waals surface area contributed by atoms with Gasteiger partial charge >= 0.3 is 11.9 Å².